The zero-order valence-electron chi connectivity index (χ0n) is 15.1. The molecule has 7 nitrogen and oxygen atoms in total. The zero-order chi connectivity index (χ0) is 19.5. The summed E-state index contributed by atoms with van der Waals surface area (Å²) in [6.45, 7) is 1.67. The Balaban J connectivity index is 1.53. The molecule has 1 aromatic heterocycles. The Bertz CT molecular complexity index is 1060. The normalized spacial score (nSPS) is 16.8. The Morgan fingerprint density at radius 2 is 2.00 bits per heavy atom. The molecule has 8 heteroatoms. The van der Waals surface area contributed by atoms with Crippen LogP contribution in [0.25, 0.3) is 11.3 Å². The minimum absolute atomic E-state index is 0.0756. The molecule has 1 aliphatic heterocycles. The first-order valence-corrected chi connectivity index (χ1v) is 9.54. The topological polar surface area (TPSA) is 90.5 Å². The van der Waals surface area contributed by atoms with Crippen LogP contribution >= 0.6 is 11.3 Å². The number of azo groups is 1. The van der Waals surface area contributed by atoms with Crippen molar-refractivity contribution in [2.45, 2.75) is 19.6 Å². The van der Waals surface area contributed by atoms with Crippen LogP contribution in [0.15, 0.2) is 75.3 Å². The fourth-order valence-electron chi connectivity index (χ4n) is 2.77. The molecular weight excluding hydrogens is 374 g/mol. The molecule has 0 unspecified atom stereocenters. The number of rotatable bonds is 5. The first-order chi connectivity index (χ1) is 13.7. The minimum Gasteiger partial charge on any atom is -0.392 e. The Kier molecular flexibility index (Phi) is 5.05. The number of anilines is 1. The van der Waals surface area contributed by atoms with E-state index in [2.05, 4.69) is 20.3 Å². The number of thiazole rings is 1. The highest BCUT2D eigenvalue weighted by Gasteiger charge is 2.36. The number of hydrazone groups is 1. The molecule has 28 heavy (non-hydrogen) atoms. The molecule has 0 saturated carbocycles. The summed E-state index contributed by atoms with van der Waals surface area (Å²) in [5.41, 5.74) is 3.65. The SMILES string of the molecule is CC1=NN(c2nc(-c3ccccc3)cs2)C(=O)[C@@H]1N=Nc1cccc(CO)c1. The van der Waals surface area contributed by atoms with Gasteiger partial charge in [0, 0.05) is 10.9 Å². The van der Waals surface area contributed by atoms with Crippen LogP contribution in [-0.2, 0) is 11.4 Å². The van der Waals surface area contributed by atoms with E-state index in [-0.39, 0.29) is 12.5 Å². The number of carbonyl (C=O) groups is 1. The van der Waals surface area contributed by atoms with E-state index in [1.165, 1.54) is 16.3 Å². The van der Waals surface area contributed by atoms with Gasteiger partial charge >= 0.3 is 0 Å². The summed E-state index contributed by atoms with van der Waals surface area (Å²) in [5.74, 6) is -0.284. The maximum Gasteiger partial charge on any atom is 0.282 e. The average molecular weight is 391 g/mol. The molecule has 4 rings (SSSR count). The predicted octanol–water partition coefficient (Wildman–Crippen LogP) is 4.18. The molecule has 0 fully saturated rings. The number of nitrogens with zero attached hydrogens (tertiary/aromatic N) is 5. The average Bonchev–Trinajstić information content (AvgIpc) is 3.32. The summed E-state index contributed by atoms with van der Waals surface area (Å²) in [7, 11) is 0. The minimum atomic E-state index is -0.776. The van der Waals surface area contributed by atoms with Crippen molar-refractivity contribution in [3.63, 3.8) is 0 Å². The van der Waals surface area contributed by atoms with E-state index in [1.807, 2.05) is 35.7 Å². The second-order valence-corrected chi connectivity index (χ2v) is 7.06. The third-order valence-electron chi connectivity index (χ3n) is 4.22. The molecule has 0 aliphatic carbocycles. The lowest BCUT2D eigenvalue weighted by Gasteiger charge is -2.08. The number of aliphatic hydroxyl groups is 1. The lowest BCUT2D eigenvalue weighted by molar-refractivity contribution is -0.117. The van der Waals surface area contributed by atoms with Gasteiger partial charge in [-0.3, -0.25) is 4.79 Å². The highest BCUT2D eigenvalue weighted by molar-refractivity contribution is 7.14. The largest absolute Gasteiger partial charge is 0.392 e. The van der Waals surface area contributed by atoms with Crippen molar-refractivity contribution in [3.8, 4) is 11.3 Å². The van der Waals surface area contributed by atoms with Crippen LogP contribution in [0.5, 0.6) is 0 Å². The maximum atomic E-state index is 12.8. The van der Waals surface area contributed by atoms with Crippen molar-refractivity contribution in [1.82, 2.24) is 4.98 Å². The van der Waals surface area contributed by atoms with Crippen LogP contribution in [0, 0.1) is 0 Å². The third-order valence-corrected chi connectivity index (χ3v) is 5.04. The third kappa shape index (κ3) is 3.60. The molecule has 1 aliphatic rings. The molecule has 3 aromatic rings. The molecule has 0 bridgehead atoms. The van der Waals surface area contributed by atoms with Gasteiger partial charge in [-0.05, 0) is 24.6 Å². The number of aliphatic hydroxyl groups excluding tert-OH is 1. The van der Waals surface area contributed by atoms with E-state index >= 15 is 0 Å². The summed E-state index contributed by atoms with van der Waals surface area (Å²) in [4.78, 5) is 17.3. The molecule has 1 N–H and O–H groups in total. The van der Waals surface area contributed by atoms with Gasteiger partial charge < -0.3 is 5.11 Å². The fourth-order valence-corrected chi connectivity index (χ4v) is 3.56. The number of hydrogen-bond acceptors (Lipinski definition) is 7. The Labute approximate surface area is 165 Å². The molecule has 0 spiro atoms. The molecule has 1 atom stereocenters. The van der Waals surface area contributed by atoms with Crippen LogP contribution in [-0.4, -0.2) is 27.8 Å². The Morgan fingerprint density at radius 1 is 1.18 bits per heavy atom. The van der Waals surface area contributed by atoms with Crippen molar-refractivity contribution in [3.05, 3.63) is 65.5 Å². The molecular formula is C20H17N5O2S. The van der Waals surface area contributed by atoms with Gasteiger partial charge in [-0.2, -0.15) is 20.3 Å². The number of hydrogen-bond donors (Lipinski definition) is 1. The van der Waals surface area contributed by atoms with Gasteiger partial charge in [0.05, 0.1) is 23.7 Å². The first-order valence-electron chi connectivity index (χ1n) is 8.66. The quantitative estimate of drug-likeness (QED) is 0.662. The highest BCUT2D eigenvalue weighted by Crippen LogP contribution is 2.30. The van der Waals surface area contributed by atoms with Gasteiger partial charge in [0.25, 0.3) is 5.91 Å². The lowest BCUT2D eigenvalue weighted by atomic mass is 10.2. The van der Waals surface area contributed by atoms with E-state index in [4.69, 9.17) is 0 Å². The fraction of sp³-hybridized carbons (Fsp3) is 0.150. The lowest BCUT2D eigenvalue weighted by Crippen LogP contribution is -2.29. The molecule has 140 valence electrons. The monoisotopic (exact) mass is 391 g/mol. The Hall–Kier alpha value is -3.23. The van der Waals surface area contributed by atoms with Crippen LogP contribution < -0.4 is 5.01 Å². The summed E-state index contributed by atoms with van der Waals surface area (Å²) in [6, 6.07) is 16.1. The standard InChI is InChI=1S/C20H17N5O2S/c1-13-18(23-22-16-9-5-6-14(10-16)11-26)19(27)25(24-13)20-21-17(12-28-20)15-7-3-2-4-8-15/h2-10,12,18,26H,11H2,1H3/t18-/m1/s1. The summed E-state index contributed by atoms with van der Waals surface area (Å²) in [6.07, 6.45) is 0. The van der Waals surface area contributed by atoms with E-state index in [9.17, 15) is 9.90 Å². The summed E-state index contributed by atoms with van der Waals surface area (Å²) < 4.78 is 0. The number of amides is 1. The van der Waals surface area contributed by atoms with Crippen LogP contribution in [0.3, 0.4) is 0 Å². The van der Waals surface area contributed by atoms with Crippen molar-refractivity contribution >= 4 is 33.8 Å². The van der Waals surface area contributed by atoms with E-state index < -0.39 is 6.04 Å². The van der Waals surface area contributed by atoms with Gasteiger partial charge in [0.15, 0.2) is 6.04 Å². The zero-order valence-corrected chi connectivity index (χ0v) is 15.9. The van der Waals surface area contributed by atoms with Gasteiger partial charge in [0.2, 0.25) is 5.13 Å². The number of benzene rings is 2. The smallest absolute Gasteiger partial charge is 0.282 e. The van der Waals surface area contributed by atoms with E-state index in [1.54, 1.807) is 31.2 Å². The second kappa shape index (κ2) is 7.79. The molecule has 0 radical (unpaired) electrons. The van der Waals surface area contributed by atoms with Crippen molar-refractivity contribution in [2.75, 3.05) is 5.01 Å². The highest BCUT2D eigenvalue weighted by atomic mass is 32.1. The van der Waals surface area contributed by atoms with Crippen molar-refractivity contribution in [2.24, 2.45) is 15.3 Å². The summed E-state index contributed by atoms with van der Waals surface area (Å²) in [5, 5.41) is 25.6. The second-order valence-electron chi connectivity index (χ2n) is 6.22. The van der Waals surface area contributed by atoms with Gasteiger partial charge in [-0.1, -0.05) is 42.5 Å². The molecule has 2 heterocycles. The van der Waals surface area contributed by atoms with Crippen LogP contribution in [0.1, 0.15) is 12.5 Å². The molecule has 0 saturated heterocycles. The molecule has 1 amide bonds. The van der Waals surface area contributed by atoms with Gasteiger partial charge in [-0.15, -0.1) is 11.3 Å². The predicted molar refractivity (Wildman–Crippen MR) is 109 cm³/mol. The number of aromatic nitrogens is 1. The van der Waals surface area contributed by atoms with Crippen molar-refractivity contribution < 1.29 is 9.90 Å². The van der Waals surface area contributed by atoms with Crippen LogP contribution in [0.4, 0.5) is 10.8 Å². The van der Waals surface area contributed by atoms with E-state index in [0.29, 0.717) is 16.5 Å². The van der Waals surface area contributed by atoms with Gasteiger partial charge in [0.1, 0.15) is 0 Å². The van der Waals surface area contributed by atoms with Crippen molar-refractivity contribution in [1.29, 1.82) is 0 Å². The Morgan fingerprint density at radius 3 is 2.79 bits per heavy atom. The first kappa shape index (κ1) is 18.1. The molecule has 2 aromatic carbocycles. The van der Waals surface area contributed by atoms with Gasteiger partial charge in [-0.25, -0.2) is 4.98 Å². The maximum absolute atomic E-state index is 12.8. The summed E-state index contributed by atoms with van der Waals surface area (Å²) >= 11 is 1.36. The van der Waals surface area contributed by atoms with E-state index in [0.717, 1.165) is 16.8 Å². The number of carbonyl (C=O) groups excluding carboxylic acids is 1. The van der Waals surface area contributed by atoms with Crippen LogP contribution in [0.2, 0.25) is 0 Å².